The lowest BCUT2D eigenvalue weighted by Crippen LogP contribution is -2.32. The van der Waals surface area contributed by atoms with E-state index in [1.54, 1.807) is 6.07 Å². The first-order valence-corrected chi connectivity index (χ1v) is 6.62. The second-order valence-electron chi connectivity index (χ2n) is 4.80. The standard InChI is InChI=1S/C14H20ClNO4/c1-7(2)11-8(5-9(16)14(17)18)6-10(19-3)13(20-4)12(11)15/h6-7,9H,5,16H2,1-4H3,(H,17,18). The molecule has 0 radical (unpaired) electrons. The number of ether oxygens (including phenoxy) is 2. The van der Waals surface area contributed by atoms with E-state index in [0.29, 0.717) is 16.5 Å². The molecule has 1 unspecified atom stereocenters. The number of methoxy groups -OCH3 is 2. The van der Waals surface area contributed by atoms with E-state index in [9.17, 15) is 4.79 Å². The van der Waals surface area contributed by atoms with Crippen LogP contribution in [0.2, 0.25) is 5.02 Å². The number of carboxylic acid groups (broad SMARTS) is 1. The fraction of sp³-hybridized carbons (Fsp3) is 0.500. The van der Waals surface area contributed by atoms with Crippen LogP contribution in [0.25, 0.3) is 0 Å². The average molecular weight is 302 g/mol. The van der Waals surface area contributed by atoms with Crippen molar-refractivity contribution in [1.29, 1.82) is 0 Å². The van der Waals surface area contributed by atoms with Crippen molar-refractivity contribution in [2.24, 2.45) is 5.73 Å². The van der Waals surface area contributed by atoms with Gasteiger partial charge in [0, 0.05) is 0 Å². The Morgan fingerprint density at radius 3 is 2.40 bits per heavy atom. The van der Waals surface area contributed by atoms with Crippen LogP contribution in [0.4, 0.5) is 0 Å². The van der Waals surface area contributed by atoms with Crippen molar-refractivity contribution in [3.63, 3.8) is 0 Å². The Morgan fingerprint density at radius 2 is 2.00 bits per heavy atom. The fourth-order valence-electron chi connectivity index (χ4n) is 2.13. The summed E-state index contributed by atoms with van der Waals surface area (Å²) in [7, 11) is 3.01. The lowest BCUT2D eigenvalue weighted by Gasteiger charge is -2.20. The molecule has 0 aliphatic heterocycles. The minimum Gasteiger partial charge on any atom is -0.493 e. The second-order valence-corrected chi connectivity index (χ2v) is 5.18. The molecule has 1 aromatic carbocycles. The maximum absolute atomic E-state index is 10.9. The maximum Gasteiger partial charge on any atom is 0.320 e. The van der Waals surface area contributed by atoms with Gasteiger partial charge in [-0.15, -0.1) is 0 Å². The number of aliphatic carboxylic acids is 1. The van der Waals surface area contributed by atoms with Crippen LogP contribution in [0.1, 0.15) is 30.9 Å². The van der Waals surface area contributed by atoms with E-state index in [2.05, 4.69) is 0 Å². The molecule has 0 amide bonds. The van der Waals surface area contributed by atoms with Gasteiger partial charge in [0.15, 0.2) is 11.5 Å². The van der Waals surface area contributed by atoms with Gasteiger partial charge >= 0.3 is 5.97 Å². The van der Waals surface area contributed by atoms with E-state index in [0.717, 1.165) is 11.1 Å². The number of hydrogen-bond acceptors (Lipinski definition) is 4. The van der Waals surface area contributed by atoms with Crippen LogP contribution >= 0.6 is 11.6 Å². The Hall–Kier alpha value is -1.46. The number of rotatable bonds is 6. The van der Waals surface area contributed by atoms with Crippen molar-refractivity contribution < 1.29 is 19.4 Å². The summed E-state index contributed by atoms with van der Waals surface area (Å²) in [5, 5.41) is 9.39. The third-order valence-electron chi connectivity index (χ3n) is 3.07. The topological polar surface area (TPSA) is 81.8 Å². The van der Waals surface area contributed by atoms with E-state index < -0.39 is 12.0 Å². The first kappa shape index (κ1) is 16.6. The molecule has 0 aliphatic rings. The average Bonchev–Trinajstić information content (AvgIpc) is 2.37. The van der Waals surface area contributed by atoms with E-state index in [4.69, 9.17) is 31.9 Å². The summed E-state index contributed by atoms with van der Waals surface area (Å²) in [6, 6.07) is 0.754. The Bertz CT molecular complexity index is 502. The van der Waals surface area contributed by atoms with Gasteiger partial charge in [0.25, 0.3) is 0 Å². The van der Waals surface area contributed by atoms with Crippen molar-refractivity contribution in [3.05, 3.63) is 22.2 Å². The number of carboxylic acids is 1. The molecule has 0 aliphatic carbocycles. The van der Waals surface area contributed by atoms with Crippen molar-refractivity contribution in [2.45, 2.75) is 32.2 Å². The molecular weight excluding hydrogens is 282 g/mol. The summed E-state index contributed by atoms with van der Waals surface area (Å²) in [4.78, 5) is 10.9. The SMILES string of the molecule is COc1cc(CC(N)C(=O)O)c(C(C)C)c(Cl)c1OC. The Kier molecular flexibility index (Phi) is 5.65. The molecule has 0 heterocycles. The van der Waals surface area contributed by atoms with Crippen molar-refractivity contribution in [3.8, 4) is 11.5 Å². The van der Waals surface area contributed by atoms with Crippen LogP contribution in [-0.2, 0) is 11.2 Å². The molecule has 0 saturated carbocycles. The molecule has 3 N–H and O–H groups in total. The third-order valence-corrected chi connectivity index (χ3v) is 3.44. The van der Waals surface area contributed by atoms with E-state index in [1.165, 1.54) is 14.2 Å². The zero-order valence-corrected chi connectivity index (χ0v) is 12.8. The van der Waals surface area contributed by atoms with Gasteiger partial charge in [0.05, 0.1) is 19.2 Å². The summed E-state index contributed by atoms with van der Waals surface area (Å²) in [6.07, 6.45) is 0.183. The summed E-state index contributed by atoms with van der Waals surface area (Å²) >= 11 is 6.36. The number of hydrogen-bond donors (Lipinski definition) is 2. The predicted octanol–water partition coefficient (Wildman–Crippen LogP) is 2.44. The van der Waals surface area contributed by atoms with Gasteiger partial charge in [-0.1, -0.05) is 25.4 Å². The number of carbonyl (C=O) groups is 1. The molecule has 0 bridgehead atoms. The molecule has 0 aromatic heterocycles. The minimum absolute atomic E-state index is 0.110. The molecule has 6 heteroatoms. The largest absolute Gasteiger partial charge is 0.493 e. The summed E-state index contributed by atoms with van der Waals surface area (Å²) in [5.74, 6) is -0.0242. The molecule has 0 fully saturated rings. The quantitative estimate of drug-likeness (QED) is 0.843. The van der Waals surface area contributed by atoms with Crippen molar-refractivity contribution in [1.82, 2.24) is 0 Å². The van der Waals surface area contributed by atoms with Crippen molar-refractivity contribution >= 4 is 17.6 Å². The maximum atomic E-state index is 10.9. The monoisotopic (exact) mass is 301 g/mol. The van der Waals surface area contributed by atoms with E-state index >= 15 is 0 Å². The van der Waals surface area contributed by atoms with Gasteiger partial charge in [-0.05, 0) is 29.5 Å². The zero-order valence-electron chi connectivity index (χ0n) is 12.1. The van der Waals surface area contributed by atoms with E-state index in [-0.39, 0.29) is 12.3 Å². The van der Waals surface area contributed by atoms with Crippen LogP contribution in [0.5, 0.6) is 11.5 Å². The van der Waals surface area contributed by atoms with E-state index in [1.807, 2.05) is 13.8 Å². The molecule has 0 spiro atoms. The molecule has 0 saturated heterocycles. The fourth-order valence-corrected chi connectivity index (χ4v) is 2.64. The summed E-state index contributed by atoms with van der Waals surface area (Å²) < 4.78 is 10.5. The Morgan fingerprint density at radius 1 is 1.40 bits per heavy atom. The normalized spacial score (nSPS) is 12.3. The van der Waals surface area contributed by atoms with Gasteiger partial charge in [-0.3, -0.25) is 4.79 Å². The van der Waals surface area contributed by atoms with Crippen LogP contribution in [-0.4, -0.2) is 31.3 Å². The van der Waals surface area contributed by atoms with Gasteiger partial charge in [-0.25, -0.2) is 0 Å². The number of nitrogens with two attached hydrogens (primary N) is 1. The second kappa shape index (κ2) is 6.81. The predicted molar refractivity (Wildman–Crippen MR) is 78.0 cm³/mol. The summed E-state index contributed by atoms with van der Waals surface area (Å²) in [6.45, 7) is 3.95. The lowest BCUT2D eigenvalue weighted by atomic mass is 9.92. The van der Waals surface area contributed by atoms with Crippen molar-refractivity contribution in [2.75, 3.05) is 14.2 Å². The zero-order chi connectivity index (χ0) is 15.4. The van der Waals surface area contributed by atoms with Gasteiger partial charge < -0.3 is 20.3 Å². The first-order chi connectivity index (χ1) is 9.33. The molecule has 20 heavy (non-hydrogen) atoms. The molecular formula is C14H20ClNO4. The Labute approximate surface area is 123 Å². The number of halogens is 1. The van der Waals surface area contributed by atoms with Crippen LogP contribution in [0, 0.1) is 0 Å². The minimum atomic E-state index is -1.05. The lowest BCUT2D eigenvalue weighted by molar-refractivity contribution is -0.138. The highest BCUT2D eigenvalue weighted by atomic mass is 35.5. The van der Waals surface area contributed by atoms with Gasteiger partial charge in [0.1, 0.15) is 6.04 Å². The summed E-state index contributed by atoms with van der Waals surface area (Å²) in [5.41, 5.74) is 7.21. The van der Waals surface area contributed by atoms with Crippen LogP contribution < -0.4 is 15.2 Å². The highest BCUT2D eigenvalue weighted by molar-refractivity contribution is 6.33. The molecule has 1 rings (SSSR count). The van der Waals surface area contributed by atoms with Crippen LogP contribution in [0.3, 0.4) is 0 Å². The third kappa shape index (κ3) is 3.35. The molecule has 5 nitrogen and oxygen atoms in total. The molecule has 112 valence electrons. The highest BCUT2D eigenvalue weighted by Gasteiger charge is 2.23. The highest BCUT2D eigenvalue weighted by Crippen LogP contribution is 2.42. The molecule has 1 atom stereocenters. The molecule has 1 aromatic rings. The van der Waals surface area contributed by atoms with Gasteiger partial charge in [-0.2, -0.15) is 0 Å². The first-order valence-electron chi connectivity index (χ1n) is 6.25. The Balaban J connectivity index is 3.41. The van der Waals surface area contributed by atoms with Crippen LogP contribution in [0.15, 0.2) is 6.07 Å². The van der Waals surface area contributed by atoms with Gasteiger partial charge in [0.2, 0.25) is 0 Å². The number of benzene rings is 1. The smallest absolute Gasteiger partial charge is 0.320 e.